The van der Waals surface area contributed by atoms with Crippen LogP contribution in [-0.2, 0) is 42.7 Å². The summed E-state index contributed by atoms with van der Waals surface area (Å²) in [6.07, 6.45) is 7.04. The van der Waals surface area contributed by atoms with Crippen LogP contribution >= 0.6 is 0 Å². The Morgan fingerprint density at radius 2 is 1.30 bits per heavy atom. The van der Waals surface area contributed by atoms with E-state index in [4.69, 9.17) is 14.8 Å². The second-order valence-corrected chi connectivity index (χ2v) is 20.9. The number of hydrogen-bond donors (Lipinski definition) is 0. The van der Waals surface area contributed by atoms with E-state index in [0.29, 0.717) is 11.8 Å². The topological polar surface area (TPSA) is 43.2 Å². The van der Waals surface area contributed by atoms with Gasteiger partial charge in [0.05, 0.1) is 34.0 Å². The van der Waals surface area contributed by atoms with Crippen molar-refractivity contribution in [2.24, 2.45) is 0 Å². The Labute approximate surface area is 391 Å². The van der Waals surface area contributed by atoms with Crippen LogP contribution in [0.1, 0.15) is 144 Å². The Bertz CT molecular complexity index is 2810. The van der Waals surface area contributed by atoms with Crippen LogP contribution in [0.3, 0.4) is 0 Å². The molecule has 1 aliphatic heterocycles. The molecule has 3 heterocycles. The summed E-state index contributed by atoms with van der Waals surface area (Å²) in [5.41, 5.74) is 11.1. The first kappa shape index (κ1) is 43.8. The third-order valence-corrected chi connectivity index (χ3v) is 13.6. The van der Waals surface area contributed by atoms with E-state index in [1.807, 2.05) is 30.6 Å². The Hall–Kier alpha value is -5.39. The number of halogens is 2. The molecule has 1 saturated carbocycles. The fourth-order valence-corrected chi connectivity index (χ4v) is 10.2. The fraction of sp³-hybridized carbons (Fsp3) is 0.321. The van der Waals surface area contributed by atoms with Crippen molar-refractivity contribution >= 4 is 17.1 Å². The van der Waals surface area contributed by atoms with Gasteiger partial charge in [-0.1, -0.05) is 111 Å². The third kappa shape index (κ3) is 7.23. The summed E-state index contributed by atoms with van der Waals surface area (Å²) in [6.45, 7) is 20.1. The summed E-state index contributed by atoms with van der Waals surface area (Å²) in [4.78, 5) is 7.56. The molecule has 5 nitrogen and oxygen atoms in total. The first-order valence-corrected chi connectivity index (χ1v) is 22.3. The van der Waals surface area contributed by atoms with Gasteiger partial charge in [-0.15, -0.1) is 23.8 Å². The minimum Gasteiger partial charge on any atom is -0.506 e. The third-order valence-electron chi connectivity index (χ3n) is 13.6. The smallest absolute Gasteiger partial charge is 0.506 e. The SMILES string of the molecule is CC(C)(C)c1ccc(N2c3ccc(C(C)(C)C)cc3C(c3[c-]c(Oc4[c-]c(-n5cc6c(n5)[C@@H]5CC[C@H]6C5)c(F)cc4F)ccc3)(c3ccccn3)c3cc(C(C)(C)C)ccc32)cc1.[Pt+2]. The Balaban J connectivity index is 0.00000518. The average molecular weight is 1030 g/mol. The van der Waals surface area contributed by atoms with Crippen LogP contribution in [0.2, 0.25) is 0 Å². The predicted molar refractivity (Wildman–Crippen MR) is 247 cm³/mol. The van der Waals surface area contributed by atoms with Gasteiger partial charge in [-0.3, -0.25) is 18.4 Å². The molecule has 0 spiro atoms. The second kappa shape index (κ2) is 15.7. The summed E-state index contributed by atoms with van der Waals surface area (Å²) in [5.74, 6) is -0.748. The number of anilines is 3. The predicted octanol–water partition coefficient (Wildman–Crippen LogP) is 14.4. The van der Waals surface area contributed by atoms with Crippen LogP contribution in [0.5, 0.6) is 11.5 Å². The molecule has 0 unspecified atom stereocenters. The molecule has 2 aromatic heterocycles. The number of aromatic nitrogens is 3. The van der Waals surface area contributed by atoms with Crippen molar-refractivity contribution in [1.29, 1.82) is 0 Å². The maximum Gasteiger partial charge on any atom is 2.00 e. The van der Waals surface area contributed by atoms with Crippen molar-refractivity contribution in [2.45, 2.75) is 115 Å². The van der Waals surface area contributed by atoms with Gasteiger partial charge in [-0.05, 0) is 117 Å². The maximum atomic E-state index is 15.9. The van der Waals surface area contributed by atoms with Gasteiger partial charge in [0.15, 0.2) is 0 Å². The van der Waals surface area contributed by atoms with Gasteiger partial charge in [0.2, 0.25) is 0 Å². The first-order chi connectivity index (χ1) is 29.9. The Kier molecular flexibility index (Phi) is 10.7. The van der Waals surface area contributed by atoms with Gasteiger partial charge in [0.1, 0.15) is 0 Å². The minimum atomic E-state index is -1.03. The standard InChI is InChI=1S/C56H54F2N4O.Pt/c1-53(2,3)36-18-22-40(23-19-36)62-47-24-20-37(54(4,5)6)29-43(47)56(51-15-10-11-26-59-51,44-30-38(55(7,8)9)21-25-48(44)62)39-13-12-14-41(28-39)63-50-32-49(45(57)31-46(50)58)61-33-42-34-16-17-35(27-34)52(42)60-61;/h10-15,18-26,29-31,33-35H,16-17,27H2,1-9H3;/q-2;+2/t34-,35+;/m0./s1. The van der Waals surface area contributed by atoms with Gasteiger partial charge in [0.25, 0.3) is 0 Å². The Morgan fingerprint density at radius 3 is 1.89 bits per heavy atom. The van der Waals surface area contributed by atoms with Gasteiger partial charge >= 0.3 is 21.1 Å². The van der Waals surface area contributed by atoms with Crippen molar-refractivity contribution in [2.75, 3.05) is 4.90 Å². The molecular weight excluding hydrogens is 978 g/mol. The molecule has 5 aromatic carbocycles. The summed E-state index contributed by atoms with van der Waals surface area (Å²) >= 11 is 0. The molecule has 2 aliphatic carbocycles. The molecule has 10 rings (SSSR count). The summed E-state index contributed by atoms with van der Waals surface area (Å²) < 4.78 is 39.4. The van der Waals surface area contributed by atoms with Crippen molar-refractivity contribution < 1.29 is 34.6 Å². The fourth-order valence-electron chi connectivity index (χ4n) is 10.2. The molecule has 8 heteroatoms. The molecule has 0 N–H and O–H groups in total. The van der Waals surface area contributed by atoms with Crippen molar-refractivity contribution in [3.63, 3.8) is 0 Å². The van der Waals surface area contributed by atoms with E-state index >= 15 is 8.78 Å². The summed E-state index contributed by atoms with van der Waals surface area (Å²) in [7, 11) is 0. The van der Waals surface area contributed by atoms with Gasteiger partial charge < -0.3 is 9.64 Å². The number of nitrogens with zero attached hydrogens (tertiary/aromatic N) is 4. The van der Waals surface area contributed by atoms with E-state index < -0.39 is 17.0 Å². The van der Waals surface area contributed by atoms with Crippen molar-refractivity contribution in [1.82, 2.24) is 14.8 Å². The van der Waals surface area contributed by atoms with Crippen LogP contribution in [0.15, 0.2) is 116 Å². The summed E-state index contributed by atoms with van der Waals surface area (Å²) in [5, 5.41) is 4.78. The van der Waals surface area contributed by atoms with Crippen LogP contribution in [0.4, 0.5) is 25.8 Å². The number of fused-ring (bicyclic) bond motifs is 7. The maximum absolute atomic E-state index is 15.9. The van der Waals surface area contributed by atoms with Gasteiger partial charge in [-0.2, -0.15) is 17.2 Å². The molecule has 2 bridgehead atoms. The summed E-state index contributed by atoms with van der Waals surface area (Å²) in [6, 6.07) is 41.8. The first-order valence-electron chi connectivity index (χ1n) is 22.3. The molecule has 0 saturated heterocycles. The largest absolute Gasteiger partial charge is 2.00 e. The number of hydrogen-bond acceptors (Lipinski definition) is 4. The normalized spacial score (nSPS) is 17.4. The molecule has 2 atom stereocenters. The van der Waals surface area contributed by atoms with Crippen LogP contribution in [0, 0.1) is 23.8 Å². The van der Waals surface area contributed by atoms with Gasteiger partial charge in [-0.25, -0.2) is 0 Å². The van der Waals surface area contributed by atoms with E-state index in [1.165, 1.54) is 21.4 Å². The van der Waals surface area contributed by atoms with E-state index in [2.05, 4.69) is 152 Å². The number of benzene rings is 5. The molecular formula is C56H54F2N4OPt. The monoisotopic (exact) mass is 1030 g/mol. The van der Waals surface area contributed by atoms with Crippen LogP contribution in [-0.4, -0.2) is 14.8 Å². The number of rotatable bonds is 6. The number of pyridine rings is 1. The van der Waals surface area contributed by atoms with Gasteiger partial charge in [0, 0.05) is 41.3 Å². The molecule has 0 radical (unpaired) electrons. The van der Waals surface area contributed by atoms with E-state index in [1.54, 1.807) is 6.07 Å². The zero-order valence-corrected chi connectivity index (χ0v) is 40.3. The van der Waals surface area contributed by atoms with Crippen LogP contribution in [0.25, 0.3) is 5.69 Å². The average Bonchev–Trinajstić information content (AvgIpc) is 3.99. The second-order valence-electron chi connectivity index (χ2n) is 20.9. The molecule has 328 valence electrons. The van der Waals surface area contributed by atoms with E-state index in [0.717, 1.165) is 76.0 Å². The zero-order chi connectivity index (χ0) is 44.2. The van der Waals surface area contributed by atoms with Crippen molar-refractivity contribution in [3.05, 3.63) is 190 Å². The quantitative estimate of drug-likeness (QED) is 0.156. The molecule has 64 heavy (non-hydrogen) atoms. The molecule has 3 aliphatic rings. The number of ether oxygens (including phenoxy) is 1. The van der Waals surface area contributed by atoms with E-state index in [9.17, 15) is 0 Å². The zero-order valence-electron chi connectivity index (χ0n) is 38.0. The molecule has 1 fully saturated rings. The molecule has 0 amide bonds. The van der Waals surface area contributed by atoms with Crippen LogP contribution < -0.4 is 9.64 Å². The Morgan fingerprint density at radius 1 is 0.672 bits per heavy atom. The van der Waals surface area contributed by atoms with Crippen molar-refractivity contribution in [3.8, 4) is 17.2 Å². The minimum absolute atomic E-state index is 0. The van der Waals surface area contributed by atoms with E-state index in [-0.39, 0.29) is 54.5 Å². The molecule has 7 aromatic rings.